The molecular weight excluding hydrogens is 340 g/mol. The fraction of sp³-hybridized carbons (Fsp3) is 0.278. The topological polar surface area (TPSA) is 32.3 Å². The maximum atomic E-state index is 12.3. The van der Waals surface area contributed by atoms with Crippen LogP contribution in [0.2, 0.25) is 0 Å². The van der Waals surface area contributed by atoms with E-state index in [0.717, 1.165) is 10.9 Å². The zero-order valence-corrected chi connectivity index (χ0v) is 14.5. The fourth-order valence-electron chi connectivity index (χ4n) is 2.27. The maximum Gasteiger partial charge on any atom is 0.252 e. The van der Waals surface area contributed by atoms with Crippen LogP contribution in [0.5, 0.6) is 0 Å². The zero-order chi connectivity index (χ0) is 15.9. The standard InChI is InChI=1S/C18H21BrN2O/c1-21(2)15(12-14-8-4-3-5-9-14)13-20-18(22)16-10-6-7-11-17(16)19/h3-11,15H,12-13H2,1-2H3,(H,20,22)/t15-/m1/s1. The van der Waals surface area contributed by atoms with Gasteiger partial charge in [-0.05, 0) is 54.1 Å². The molecule has 2 rings (SSSR count). The van der Waals surface area contributed by atoms with Crippen molar-refractivity contribution in [3.63, 3.8) is 0 Å². The van der Waals surface area contributed by atoms with Crippen LogP contribution in [-0.2, 0) is 6.42 Å². The van der Waals surface area contributed by atoms with E-state index in [1.54, 1.807) is 0 Å². The Hall–Kier alpha value is -1.65. The maximum absolute atomic E-state index is 12.3. The van der Waals surface area contributed by atoms with Gasteiger partial charge in [-0.2, -0.15) is 0 Å². The first-order chi connectivity index (χ1) is 10.6. The Bertz CT molecular complexity index is 613. The van der Waals surface area contributed by atoms with Crippen molar-refractivity contribution >= 4 is 21.8 Å². The smallest absolute Gasteiger partial charge is 0.252 e. The molecule has 0 heterocycles. The molecular formula is C18H21BrN2O. The van der Waals surface area contributed by atoms with Crippen molar-refractivity contribution in [2.24, 2.45) is 0 Å². The summed E-state index contributed by atoms with van der Waals surface area (Å²) in [6.45, 7) is 0.613. The summed E-state index contributed by atoms with van der Waals surface area (Å²) in [4.78, 5) is 14.4. The molecule has 0 aliphatic rings. The molecule has 0 bridgehead atoms. The lowest BCUT2D eigenvalue weighted by atomic mass is 10.1. The van der Waals surface area contributed by atoms with E-state index in [2.05, 4.69) is 38.3 Å². The predicted molar refractivity (Wildman–Crippen MR) is 94.1 cm³/mol. The first-order valence-electron chi connectivity index (χ1n) is 7.31. The number of nitrogens with zero attached hydrogens (tertiary/aromatic N) is 1. The van der Waals surface area contributed by atoms with Crippen molar-refractivity contribution in [1.29, 1.82) is 0 Å². The van der Waals surface area contributed by atoms with Gasteiger partial charge in [0.05, 0.1) is 5.56 Å². The third kappa shape index (κ3) is 4.68. The number of rotatable bonds is 6. The molecule has 3 nitrogen and oxygen atoms in total. The first kappa shape index (κ1) is 16.7. The molecule has 0 radical (unpaired) electrons. The van der Waals surface area contributed by atoms with Gasteiger partial charge < -0.3 is 10.2 Å². The van der Waals surface area contributed by atoms with Gasteiger partial charge in [0, 0.05) is 17.1 Å². The SMILES string of the molecule is CN(C)[C@@H](CNC(=O)c1ccccc1Br)Cc1ccccc1. The molecule has 0 spiro atoms. The fourth-order valence-corrected chi connectivity index (χ4v) is 2.74. The molecule has 0 saturated carbocycles. The molecule has 1 atom stereocenters. The van der Waals surface area contributed by atoms with Gasteiger partial charge in [-0.1, -0.05) is 42.5 Å². The van der Waals surface area contributed by atoms with Crippen LogP contribution < -0.4 is 5.32 Å². The molecule has 2 aromatic carbocycles. The zero-order valence-electron chi connectivity index (χ0n) is 12.9. The van der Waals surface area contributed by atoms with Crippen LogP contribution in [0.4, 0.5) is 0 Å². The summed E-state index contributed by atoms with van der Waals surface area (Å²) >= 11 is 3.42. The van der Waals surface area contributed by atoms with Crippen molar-refractivity contribution in [1.82, 2.24) is 10.2 Å². The first-order valence-corrected chi connectivity index (χ1v) is 8.10. The van der Waals surface area contributed by atoms with Gasteiger partial charge in [0.15, 0.2) is 0 Å². The highest BCUT2D eigenvalue weighted by molar-refractivity contribution is 9.10. The lowest BCUT2D eigenvalue weighted by Crippen LogP contribution is -2.41. The van der Waals surface area contributed by atoms with Crippen LogP contribution >= 0.6 is 15.9 Å². The Kier molecular flexibility index (Phi) is 6.16. The lowest BCUT2D eigenvalue weighted by molar-refractivity contribution is 0.0941. The Morgan fingerprint density at radius 3 is 2.36 bits per heavy atom. The number of amides is 1. The molecule has 1 amide bonds. The minimum Gasteiger partial charge on any atom is -0.350 e. The highest BCUT2D eigenvalue weighted by Gasteiger charge is 2.15. The predicted octanol–water partition coefficient (Wildman–Crippen LogP) is 3.35. The Morgan fingerprint density at radius 2 is 1.73 bits per heavy atom. The van der Waals surface area contributed by atoms with Crippen LogP contribution in [0, 0.1) is 0 Å². The number of carbonyl (C=O) groups is 1. The van der Waals surface area contributed by atoms with Crippen molar-refractivity contribution in [2.45, 2.75) is 12.5 Å². The number of halogens is 1. The van der Waals surface area contributed by atoms with Gasteiger partial charge in [-0.25, -0.2) is 0 Å². The second-order valence-corrected chi connectivity index (χ2v) is 6.35. The van der Waals surface area contributed by atoms with Crippen LogP contribution in [0.3, 0.4) is 0 Å². The molecule has 22 heavy (non-hydrogen) atoms. The second kappa shape index (κ2) is 8.11. The third-order valence-corrected chi connectivity index (χ3v) is 4.35. The monoisotopic (exact) mass is 360 g/mol. The van der Waals surface area contributed by atoms with Crippen LogP contribution in [0.15, 0.2) is 59.1 Å². The molecule has 0 aliphatic carbocycles. The quantitative estimate of drug-likeness (QED) is 0.856. The van der Waals surface area contributed by atoms with E-state index < -0.39 is 0 Å². The normalized spacial score (nSPS) is 12.2. The van der Waals surface area contributed by atoms with Crippen molar-refractivity contribution < 1.29 is 4.79 Å². The summed E-state index contributed by atoms with van der Waals surface area (Å²) in [6, 6.07) is 18.1. The number of hydrogen-bond donors (Lipinski definition) is 1. The highest BCUT2D eigenvalue weighted by Crippen LogP contribution is 2.15. The summed E-state index contributed by atoms with van der Waals surface area (Å²) in [7, 11) is 4.08. The minimum atomic E-state index is -0.0487. The van der Waals surface area contributed by atoms with E-state index in [1.807, 2.05) is 56.6 Å². The van der Waals surface area contributed by atoms with Gasteiger partial charge in [0.25, 0.3) is 5.91 Å². The van der Waals surface area contributed by atoms with E-state index in [1.165, 1.54) is 5.56 Å². The van der Waals surface area contributed by atoms with Gasteiger partial charge in [0.1, 0.15) is 0 Å². The van der Waals surface area contributed by atoms with Gasteiger partial charge in [-0.15, -0.1) is 0 Å². The highest BCUT2D eigenvalue weighted by atomic mass is 79.9. The molecule has 116 valence electrons. The van der Waals surface area contributed by atoms with Crippen molar-refractivity contribution in [2.75, 3.05) is 20.6 Å². The summed E-state index contributed by atoms with van der Waals surface area (Å²) < 4.78 is 0.817. The molecule has 0 aromatic heterocycles. The van der Waals surface area contributed by atoms with Gasteiger partial charge in [-0.3, -0.25) is 4.79 Å². The van der Waals surface area contributed by atoms with Crippen LogP contribution in [0.1, 0.15) is 15.9 Å². The van der Waals surface area contributed by atoms with E-state index in [-0.39, 0.29) is 11.9 Å². The van der Waals surface area contributed by atoms with E-state index >= 15 is 0 Å². The Labute approximate surface area is 140 Å². The molecule has 0 fully saturated rings. The third-order valence-electron chi connectivity index (χ3n) is 3.66. The number of carbonyl (C=O) groups excluding carboxylic acids is 1. The average Bonchev–Trinajstić information content (AvgIpc) is 2.52. The Morgan fingerprint density at radius 1 is 1.09 bits per heavy atom. The second-order valence-electron chi connectivity index (χ2n) is 5.50. The van der Waals surface area contributed by atoms with E-state index in [9.17, 15) is 4.79 Å². The van der Waals surface area contributed by atoms with Crippen molar-refractivity contribution in [3.8, 4) is 0 Å². The molecule has 1 N–H and O–H groups in total. The molecule has 0 aliphatic heterocycles. The summed E-state index contributed by atoms with van der Waals surface area (Å²) in [5.74, 6) is -0.0487. The lowest BCUT2D eigenvalue weighted by Gasteiger charge is -2.25. The van der Waals surface area contributed by atoms with Crippen LogP contribution in [-0.4, -0.2) is 37.5 Å². The number of nitrogens with one attached hydrogen (secondary N) is 1. The molecule has 0 saturated heterocycles. The van der Waals surface area contributed by atoms with E-state index in [4.69, 9.17) is 0 Å². The van der Waals surface area contributed by atoms with E-state index in [0.29, 0.717) is 12.1 Å². The van der Waals surface area contributed by atoms with Crippen LogP contribution in [0.25, 0.3) is 0 Å². The number of hydrogen-bond acceptors (Lipinski definition) is 2. The minimum absolute atomic E-state index is 0.0487. The largest absolute Gasteiger partial charge is 0.350 e. The van der Waals surface area contributed by atoms with Gasteiger partial charge >= 0.3 is 0 Å². The van der Waals surface area contributed by atoms with Gasteiger partial charge in [0.2, 0.25) is 0 Å². The summed E-state index contributed by atoms with van der Waals surface area (Å²) in [5, 5.41) is 3.03. The number of likely N-dealkylation sites (N-methyl/N-ethyl adjacent to an activating group) is 1. The molecule has 4 heteroatoms. The summed E-state index contributed by atoms with van der Waals surface area (Å²) in [6.07, 6.45) is 0.907. The molecule has 0 unspecified atom stereocenters. The van der Waals surface area contributed by atoms with Crippen molar-refractivity contribution in [3.05, 3.63) is 70.2 Å². The average molecular weight is 361 g/mol. The number of benzene rings is 2. The Balaban J connectivity index is 1.97. The summed E-state index contributed by atoms with van der Waals surface area (Å²) in [5.41, 5.74) is 1.94. The molecule has 2 aromatic rings.